The molecular weight excluding hydrogens is 739 g/mol. The number of carbonyl (C=O) groups excluding carboxylic acids is 4. The second-order valence-electron chi connectivity index (χ2n) is 16.8. The number of fused-ring (bicyclic) bond motifs is 5. The molecule has 5 fully saturated rings. The van der Waals surface area contributed by atoms with Crippen LogP contribution in [0.1, 0.15) is 96.3 Å². The predicted octanol–water partition coefficient (Wildman–Crippen LogP) is 4.05. The summed E-state index contributed by atoms with van der Waals surface area (Å²) in [5.74, 6) is -2.07. The van der Waals surface area contributed by atoms with Crippen molar-refractivity contribution in [1.82, 2.24) is 24.8 Å². The Kier molecular flexibility index (Phi) is 10.7. The first kappa shape index (κ1) is 38.5. The highest BCUT2D eigenvalue weighted by Crippen LogP contribution is 2.46. The maximum atomic E-state index is 14.8. The summed E-state index contributed by atoms with van der Waals surface area (Å²) >= 11 is 0. The molecule has 14 nitrogen and oxygen atoms in total. The van der Waals surface area contributed by atoms with Crippen LogP contribution in [-0.4, -0.2) is 83.3 Å². The van der Waals surface area contributed by atoms with Gasteiger partial charge in [-0.3, -0.25) is 28.5 Å². The minimum Gasteiger partial charge on any atom is -0.473 e. The molecule has 56 heavy (non-hydrogen) atoms. The Labute approximate surface area is 327 Å². The maximum Gasteiger partial charge on any atom is 0.408 e. The third kappa shape index (κ3) is 7.67. The number of sulfonamides is 1. The second-order valence-corrected chi connectivity index (χ2v) is 18.8. The molecule has 8 rings (SSSR count). The summed E-state index contributed by atoms with van der Waals surface area (Å²) in [6.07, 6.45) is 10.3. The Morgan fingerprint density at radius 1 is 0.911 bits per heavy atom. The normalized spacial score (nSPS) is 31.5. The summed E-state index contributed by atoms with van der Waals surface area (Å²) in [6, 6.07) is 7.06. The monoisotopic (exact) mass is 791 g/mol. The van der Waals surface area contributed by atoms with Crippen LogP contribution in [0.3, 0.4) is 0 Å². The SMILES string of the molecule is C=C[C@@H]1C[C@]1(NC(=O)[C@@H]1C[C@@H]2CN1C(=O)[C@H](C1CCCC1)NC(=O)O[C@@H]1CCC[C@H]1CCCCCn1c(cc3ccccc3c1=O)O2)C(=O)NS(=O)(=O)C1CC1. The van der Waals surface area contributed by atoms with Crippen molar-refractivity contribution in [3.63, 3.8) is 0 Å². The molecule has 3 heterocycles. The van der Waals surface area contributed by atoms with Crippen LogP contribution < -0.4 is 25.7 Å². The number of nitrogens with one attached hydrogen (secondary N) is 3. The molecule has 6 aliphatic rings. The minimum absolute atomic E-state index is 0.0251. The van der Waals surface area contributed by atoms with Gasteiger partial charge in [-0.2, -0.15) is 0 Å². The molecule has 0 spiro atoms. The van der Waals surface area contributed by atoms with E-state index in [1.165, 1.54) is 11.0 Å². The van der Waals surface area contributed by atoms with E-state index in [0.717, 1.165) is 70.6 Å². The summed E-state index contributed by atoms with van der Waals surface area (Å²) in [5.41, 5.74) is -1.73. The molecule has 2 bridgehead atoms. The lowest BCUT2D eigenvalue weighted by atomic mass is 9.96. The largest absolute Gasteiger partial charge is 0.473 e. The van der Waals surface area contributed by atoms with Crippen LogP contribution in [0.5, 0.6) is 5.88 Å². The first-order valence-electron chi connectivity index (χ1n) is 20.5. The molecule has 302 valence electrons. The molecule has 4 amide bonds. The third-order valence-corrected chi connectivity index (χ3v) is 14.9. The molecular formula is C41H53N5O9S. The summed E-state index contributed by atoms with van der Waals surface area (Å²) in [7, 11) is -3.90. The van der Waals surface area contributed by atoms with Gasteiger partial charge in [0.2, 0.25) is 21.8 Å². The number of hydrogen-bond donors (Lipinski definition) is 3. The minimum atomic E-state index is -3.90. The lowest BCUT2D eigenvalue weighted by molar-refractivity contribution is -0.142. The van der Waals surface area contributed by atoms with E-state index >= 15 is 0 Å². The highest BCUT2D eigenvalue weighted by Gasteiger charge is 2.62. The van der Waals surface area contributed by atoms with Crippen LogP contribution in [0.25, 0.3) is 10.8 Å². The topological polar surface area (TPSA) is 182 Å². The molecule has 1 aromatic heterocycles. The number of aromatic nitrogens is 1. The van der Waals surface area contributed by atoms with Crippen LogP contribution >= 0.6 is 0 Å². The number of alkyl carbamates (subject to hydrolysis) is 1. The number of nitrogens with zero attached hydrogens (tertiary/aromatic N) is 2. The third-order valence-electron chi connectivity index (χ3n) is 13.1. The van der Waals surface area contributed by atoms with Gasteiger partial charge >= 0.3 is 6.09 Å². The first-order valence-corrected chi connectivity index (χ1v) is 22.1. The van der Waals surface area contributed by atoms with Crippen molar-refractivity contribution in [2.24, 2.45) is 17.8 Å². The quantitative estimate of drug-likeness (QED) is 0.349. The molecule has 0 unspecified atom stereocenters. The van der Waals surface area contributed by atoms with Crippen LogP contribution in [0, 0.1) is 17.8 Å². The van der Waals surface area contributed by atoms with Gasteiger partial charge in [0, 0.05) is 30.3 Å². The van der Waals surface area contributed by atoms with E-state index in [-0.39, 0.29) is 42.9 Å². The molecule has 15 heteroatoms. The van der Waals surface area contributed by atoms with Gasteiger partial charge in [0.05, 0.1) is 11.8 Å². The number of carbonyl (C=O) groups is 4. The van der Waals surface area contributed by atoms with Crippen LogP contribution in [0.2, 0.25) is 0 Å². The molecule has 4 saturated carbocycles. The number of hydrogen-bond acceptors (Lipinski definition) is 9. The Bertz CT molecular complexity index is 2060. The highest BCUT2D eigenvalue weighted by molar-refractivity contribution is 7.91. The number of rotatable bonds is 7. The van der Waals surface area contributed by atoms with Crippen LogP contribution in [0.15, 0.2) is 47.8 Å². The smallest absolute Gasteiger partial charge is 0.408 e. The van der Waals surface area contributed by atoms with Crippen molar-refractivity contribution < 1.29 is 37.1 Å². The van der Waals surface area contributed by atoms with Crippen molar-refractivity contribution in [2.45, 2.75) is 138 Å². The molecule has 0 radical (unpaired) electrons. The fraction of sp³-hybridized carbons (Fsp3) is 0.634. The average molecular weight is 792 g/mol. The van der Waals surface area contributed by atoms with Gasteiger partial charge in [0.25, 0.3) is 11.5 Å². The number of amides is 4. The van der Waals surface area contributed by atoms with Gasteiger partial charge in [-0.15, -0.1) is 6.58 Å². The molecule has 2 aromatic rings. The summed E-state index contributed by atoms with van der Waals surface area (Å²) in [6.45, 7) is 4.20. The first-order chi connectivity index (χ1) is 27.0. The average Bonchev–Trinajstić information content (AvgIpc) is 3.96. The van der Waals surface area contributed by atoms with E-state index in [0.29, 0.717) is 36.0 Å². The lowest BCUT2D eigenvalue weighted by Gasteiger charge is -2.32. The Morgan fingerprint density at radius 2 is 1.64 bits per heavy atom. The van der Waals surface area contributed by atoms with Crippen LogP contribution in [-0.2, 0) is 35.7 Å². The summed E-state index contributed by atoms with van der Waals surface area (Å²) in [4.78, 5) is 71.9. The van der Waals surface area contributed by atoms with Crippen molar-refractivity contribution in [2.75, 3.05) is 6.54 Å². The zero-order valence-corrected chi connectivity index (χ0v) is 32.6. The van der Waals surface area contributed by atoms with Crippen LogP contribution in [0.4, 0.5) is 4.79 Å². The Hall–Kier alpha value is -4.40. The van der Waals surface area contributed by atoms with Crippen molar-refractivity contribution in [3.8, 4) is 5.88 Å². The van der Waals surface area contributed by atoms with E-state index < -0.39 is 68.7 Å². The van der Waals surface area contributed by atoms with E-state index in [1.807, 2.05) is 24.3 Å². The molecule has 2 aliphatic heterocycles. The maximum absolute atomic E-state index is 14.8. The van der Waals surface area contributed by atoms with Gasteiger partial charge in [-0.1, -0.05) is 50.0 Å². The Morgan fingerprint density at radius 3 is 2.39 bits per heavy atom. The number of benzene rings is 1. The van der Waals surface area contributed by atoms with E-state index in [1.54, 1.807) is 10.6 Å². The number of pyridine rings is 1. The standard InChI is InChI=1S/C41H53N5O9S/c1-2-28-23-41(28,39(50)44-56(52,53)30-18-19-30)43-36(47)32-22-29-24-46(32)38(49)35(26-12-5-6-13-26)42-40(51)55-33-17-10-15-25(33)11-4-3-9-20-45-34(54-29)21-27-14-7-8-16-31(27)37(45)48/h2,7-8,14,16,21,25-26,28-30,32-33,35H,1,3-6,9-13,15,17-20,22-24H2,(H,42,51)(H,43,47)(H,44,50)/t25-,28-,29-,32+,33-,35+,41-/m1/s1. The fourth-order valence-corrected chi connectivity index (χ4v) is 11.0. The zero-order chi connectivity index (χ0) is 39.2. The lowest BCUT2D eigenvalue weighted by Crippen LogP contribution is -2.59. The predicted molar refractivity (Wildman–Crippen MR) is 207 cm³/mol. The van der Waals surface area contributed by atoms with E-state index in [2.05, 4.69) is 21.9 Å². The van der Waals surface area contributed by atoms with Gasteiger partial charge in [0.15, 0.2) is 5.88 Å². The van der Waals surface area contributed by atoms with Gasteiger partial charge in [0.1, 0.15) is 29.8 Å². The molecule has 4 aliphatic carbocycles. The second kappa shape index (κ2) is 15.5. The number of ether oxygens (including phenoxy) is 2. The molecule has 7 atom stereocenters. The van der Waals surface area contributed by atoms with E-state index in [4.69, 9.17) is 9.47 Å². The van der Waals surface area contributed by atoms with Crippen molar-refractivity contribution in [1.29, 1.82) is 0 Å². The van der Waals surface area contributed by atoms with Gasteiger partial charge in [-0.25, -0.2) is 13.2 Å². The fourth-order valence-electron chi connectivity index (χ4n) is 9.64. The van der Waals surface area contributed by atoms with E-state index in [9.17, 15) is 32.4 Å². The Balaban J connectivity index is 1.13. The van der Waals surface area contributed by atoms with Gasteiger partial charge < -0.3 is 25.0 Å². The summed E-state index contributed by atoms with van der Waals surface area (Å²) in [5, 5.41) is 6.41. The molecule has 1 aromatic carbocycles. The molecule has 1 saturated heterocycles. The highest BCUT2D eigenvalue weighted by atomic mass is 32.2. The van der Waals surface area contributed by atoms with Crippen molar-refractivity contribution >= 4 is 44.6 Å². The summed E-state index contributed by atoms with van der Waals surface area (Å²) < 4.78 is 42.0. The van der Waals surface area contributed by atoms with Gasteiger partial charge in [-0.05, 0) is 87.5 Å². The van der Waals surface area contributed by atoms with Crippen molar-refractivity contribution in [3.05, 3.63) is 53.3 Å². The zero-order valence-electron chi connectivity index (χ0n) is 31.8. The molecule has 3 N–H and O–H groups in total.